The number of aryl methyl sites for hydroxylation is 2. The predicted molar refractivity (Wildman–Crippen MR) is 104 cm³/mol. The maximum absolute atomic E-state index is 12.6. The summed E-state index contributed by atoms with van der Waals surface area (Å²) in [5.74, 6) is 0.367. The number of nitrogens with one attached hydrogen (secondary N) is 2. The second-order valence-corrected chi connectivity index (χ2v) is 8.73. The van der Waals surface area contributed by atoms with Crippen LogP contribution in [0.25, 0.3) is 0 Å². The molecule has 0 radical (unpaired) electrons. The van der Waals surface area contributed by atoms with Gasteiger partial charge < -0.3 is 9.73 Å². The topological polar surface area (TPSA) is 105 Å². The second kappa shape index (κ2) is 7.19. The summed E-state index contributed by atoms with van der Waals surface area (Å²) in [6.45, 7) is 3.46. The van der Waals surface area contributed by atoms with Gasteiger partial charge in [0.2, 0.25) is 10.0 Å². The summed E-state index contributed by atoms with van der Waals surface area (Å²) < 4.78 is 30.4. The molecule has 1 aliphatic rings. The van der Waals surface area contributed by atoms with Gasteiger partial charge in [-0.25, -0.2) is 13.2 Å². The smallest absolute Gasteiger partial charge is 0.349 e. The van der Waals surface area contributed by atoms with Crippen molar-refractivity contribution in [3.05, 3.63) is 57.1 Å². The standard InChI is InChI=1S/C19H22N2O5S/c1-11-9-14(21-27(3,24)25)7-8-15(11)20-18(22)17-12(2)10-16(26-19(17)23)13-5-4-6-13/h7-10,13,21H,4-6H2,1-3H3,(H,20,22). The lowest BCUT2D eigenvalue weighted by molar-refractivity contribution is 0.102. The molecule has 2 aromatic rings. The van der Waals surface area contributed by atoms with Gasteiger partial charge in [0.25, 0.3) is 5.91 Å². The fraction of sp³-hybridized carbons (Fsp3) is 0.368. The molecule has 1 aromatic heterocycles. The number of anilines is 2. The van der Waals surface area contributed by atoms with Crippen LogP contribution in [0.5, 0.6) is 0 Å². The molecule has 1 aliphatic carbocycles. The molecule has 0 bridgehead atoms. The third kappa shape index (κ3) is 4.39. The zero-order chi connectivity index (χ0) is 19.8. The van der Waals surface area contributed by atoms with Gasteiger partial charge in [-0.1, -0.05) is 6.42 Å². The van der Waals surface area contributed by atoms with Crippen LogP contribution < -0.4 is 15.7 Å². The van der Waals surface area contributed by atoms with Crippen molar-refractivity contribution >= 4 is 27.3 Å². The highest BCUT2D eigenvalue weighted by Crippen LogP contribution is 2.36. The van der Waals surface area contributed by atoms with Gasteiger partial charge in [-0.05, 0) is 62.1 Å². The van der Waals surface area contributed by atoms with Crippen molar-refractivity contribution in [2.75, 3.05) is 16.3 Å². The summed E-state index contributed by atoms with van der Waals surface area (Å²) in [6, 6.07) is 6.50. The first kappa shape index (κ1) is 19.2. The number of rotatable bonds is 5. The minimum atomic E-state index is -3.38. The molecule has 144 valence electrons. The highest BCUT2D eigenvalue weighted by Gasteiger charge is 2.25. The van der Waals surface area contributed by atoms with E-state index in [1.165, 1.54) is 0 Å². The van der Waals surface area contributed by atoms with Gasteiger partial charge in [0.05, 0.1) is 6.26 Å². The molecule has 8 heteroatoms. The second-order valence-electron chi connectivity index (χ2n) is 6.98. The first-order valence-corrected chi connectivity index (χ1v) is 10.6. The van der Waals surface area contributed by atoms with Crippen LogP contribution in [0.4, 0.5) is 11.4 Å². The van der Waals surface area contributed by atoms with Gasteiger partial charge >= 0.3 is 5.63 Å². The van der Waals surface area contributed by atoms with Gasteiger partial charge in [-0.3, -0.25) is 9.52 Å². The van der Waals surface area contributed by atoms with E-state index in [2.05, 4.69) is 10.0 Å². The Bertz CT molecular complexity index is 1050. The Morgan fingerprint density at radius 3 is 2.37 bits per heavy atom. The highest BCUT2D eigenvalue weighted by atomic mass is 32.2. The quantitative estimate of drug-likeness (QED) is 0.816. The molecule has 0 unspecified atom stereocenters. The van der Waals surface area contributed by atoms with Crippen LogP contribution in [0.15, 0.2) is 33.5 Å². The summed E-state index contributed by atoms with van der Waals surface area (Å²) in [5, 5.41) is 2.70. The summed E-state index contributed by atoms with van der Waals surface area (Å²) in [6.07, 6.45) is 4.19. The Morgan fingerprint density at radius 2 is 1.85 bits per heavy atom. The normalized spacial score (nSPS) is 14.5. The number of benzene rings is 1. The van der Waals surface area contributed by atoms with Crippen molar-refractivity contribution in [2.24, 2.45) is 0 Å². The molecule has 2 N–H and O–H groups in total. The molecule has 0 aliphatic heterocycles. The summed E-state index contributed by atoms with van der Waals surface area (Å²) in [5.41, 5.74) is 1.47. The Kier molecular flexibility index (Phi) is 5.10. The van der Waals surface area contributed by atoms with E-state index in [9.17, 15) is 18.0 Å². The van der Waals surface area contributed by atoms with Crippen LogP contribution in [0, 0.1) is 13.8 Å². The van der Waals surface area contributed by atoms with Crippen molar-refractivity contribution in [3.63, 3.8) is 0 Å². The van der Waals surface area contributed by atoms with Gasteiger partial charge in [0.15, 0.2) is 0 Å². The molecule has 1 heterocycles. The molecule has 1 amide bonds. The zero-order valence-electron chi connectivity index (χ0n) is 15.5. The van der Waals surface area contributed by atoms with Gasteiger partial charge in [0.1, 0.15) is 11.3 Å². The van der Waals surface area contributed by atoms with Crippen LogP contribution in [0.1, 0.15) is 52.4 Å². The zero-order valence-corrected chi connectivity index (χ0v) is 16.3. The van der Waals surface area contributed by atoms with Crippen LogP contribution in [0.3, 0.4) is 0 Å². The SMILES string of the molecule is Cc1cc(NS(C)(=O)=O)ccc1NC(=O)c1c(C)cc(C2CCC2)oc1=O. The highest BCUT2D eigenvalue weighted by molar-refractivity contribution is 7.92. The maximum atomic E-state index is 12.6. The molecule has 1 aromatic carbocycles. The van der Waals surface area contributed by atoms with Crippen molar-refractivity contribution in [1.29, 1.82) is 0 Å². The van der Waals surface area contributed by atoms with E-state index in [0.717, 1.165) is 25.5 Å². The van der Waals surface area contributed by atoms with E-state index in [0.29, 0.717) is 28.3 Å². The molecule has 1 fully saturated rings. The van der Waals surface area contributed by atoms with E-state index in [4.69, 9.17) is 4.42 Å². The van der Waals surface area contributed by atoms with Crippen LogP contribution in [-0.4, -0.2) is 20.6 Å². The van der Waals surface area contributed by atoms with E-state index < -0.39 is 21.6 Å². The Balaban J connectivity index is 1.82. The van der Waals surface area contributed by atoms with Crippen molar-refractivity contribution in [3.8, 4) is 0 Å². The number of hydrogen-bond donors (Lipinski definition) is 2. The summed E-state index contributed by atoms with van der Waals surface area (Å²) >= 11 is 0. The lowest BCUT2D eigenvalue weighted by Gasteiger charge is -2.24. The molecule has 27 heavy (non-hydrogen) atoms. The molecular formula is C19H22N2O5S. The first-order chi connectivity index (χ1) is 12.6. The molecule has 1 saturated carbocycles. The van der Waals surface area contributed by atoms with E-state index in [1.54, 1.807) is 38.1 Å². The Labute approximate surface area is 157 Å². The summed E-state index contributed by atoms with van der Waals surface area (Å²) in [4.78, 5) is 24.9. The average Bonchev–Trinajstić information content (AvgIpc) is 2.46. The molecule has 7 nitrogen and oxygen atoms in total. The van der Waals surface area contributed by atoms with E-state index in [-0.39, 0.29) is 11.5 Å². The minimum absolute atomic E-state index is 0.0178. The fourth-order valence-corrected chi connectivity index (χ4v) is 3.62. The first-order valence-electron chi connectivity index (χ1n) is 8.68. The van der Waals surface area contributed by atoms with Crippen molar-refractivity contribution < 1.29 is 17.6 Å². The number of carbonyl (C=O) groups excluding carboxylic acids is 1. The lowest BCUT2D eigenvalue weighted by atomic mass is 9.83. The number of carbonyl (C=O) groups is 1. The van der Waals surface area contributed by atoms with Crippen molar-refractivity contribution in [2.45, 2.75) is 39.0 Å². The van der Waals surface area contributed by atoms with Gasteiger partial charge in [0, 0.05) is 17.3 Å². The monoisotopic (exact) mass is 390 g/mol. The largest absolute Gasteiger partial charge is 0.427 e. The average molecular weight is 390 g/mol. The number of sulfonamides is 1. The van der Waals surface area contributed by atoms with Crippen LogP contribution in [-0.2, 0) is 10.0 Å². The third-order valence-electron chi connectivity index (χ3n) is 4.68. The fourth-order valence-electron chi connectivity index (χ4n) is 3.07. The molecular weight excluding hydrogens is 368 g/mol. The molecule has 0 spiro atoms. The lowest BCUT2D eigenvalue weighted by Crippen LogP contribution is -2.24. The molecule has 0 atom stereocenters. The number of amides is 1. The van der Waals surface area contributed by atoms with Crippen LogP contribution in [0.2, 0.25) is 0 Å². The van der Waals surface area contributed by atoms with E-state index in [1.807, 2.05) is 0 Å². The van der Waals surface area contributed by atoms with Crippen LogP contribution >= 0.6 is 0 Å². The molecule has 0 saturated heterocycles. The molecule has 3 rings (SSSR count). The third-order valence-corrected chi connectivity index (χ3v) is 5.29. The Morgan fingerprint density at radius 1 is 1.15 bits per heavy atom. The predicted octanol–water partition coefficient (Wildman–Crippen LogP) is 3.15. The maximum Gasteiger partial charge on any atom is 0.349 e. The summed E-state index contributed by atoms with van der Waals surface area (Å²) in [7, 11) is -3.38. The van der Waals surface area contributed by atoms with Gasteiger partial charge in [-0.15, -0.1) is 0 Å². The van der Waals surface area contributed by atoms with Gasteiger partial charge in [-0.2, -0.15) is 0 Å². The number of hydrogen-bond acceptors (Lipinski definition) is 5. The Hall–Kier alpha value is -2.61. The minimum Gasteiger partial charge on any atom is -0.427 e. The van der Waals surface area contributed by atoms with Crippen molar-refractivity contribution in [1.82, 2.24) is 0 Å². The van der Waals surface area contributed by atoms with E-state index >= 15 is 0 Å².